The number of amides is 1. The van der Waals surface area contributed by atoms with Gasteiger partial charge in [-0.15, -0.1) is 0 Å². The number of benzene rings is 1. The minimum absolute atomic E-state index is 0.0931. The van der Waals surface area contributed by atoms with Crippen molar-refractivity contribution in [3.05, 3.63) is 54.4 Å². The Hall–Kier alpha value is -2.56. The van der Waals surface area contributed by atoms with Gasteiger partial charge in [-0.3, -0.25) is 9.78 Å². The molecular weight excluding hydrogens is 304 g/mol. The highest BCUT2D eigenvalue weighted by Crippen LogP contribution is 2.31. The number of pyridine rings is 1. The summed E-state index contributed by atoms with van der Waals surface area (Å²) in [6.45, 7) is 1.15. The third-order valence-corrected chi connectivity index (χ3v) is 4.23. The second-order valence-corrected chi connectivity index (χ2v) is 5.78. The van der Waals surface area contributed by atoms with Crippen LogP contribution >= 0.6 is 0 Å². The predicted octanol–water partition coefficient (Wildman–Crippen LogP) is 3.22. The van der Waals surface area contributed by atoms with Crippen molar-refractivity contribution in [2.24, 2.45) is 0 Å². The van der Waals surface area contributed by atoms with E-state index in [1.807, 2.05) is 47.4 Å². The van der Waals surface area contributed by atoms with E-state index in [0.717, 1.165) is 30.8 Å². The first-order valence-electron chi connectivity index (χ1n) is 8.25. The summed E-state index contributed by atoms with van der Waals surface area (Å²) in [7, 11) is 1.62. The molecule has 0 saturated carbocycles. The first-order chi connectivity index (χ1) is 11.8. The zero-order valence-corrected chi connectivity index (χ0v) is 13.9. The van der Waals surface area contributed by atoms with Gasteiger partial charge in [-0.25, -0.2) is 0 Å². The Morgan fingerprint density at radius 3 is 2.92 bits per heavy atom. The van der Waals surface area contributed by atoms with Gasteiger partial charge in [-0.05, 0) is 37.1 Å². The van der Waals surface area contributed by atoms with Crippen LogP contribution in [0.3, 0.4) is 0 Å². The Labute approximate surface area is 142 Å². The molecule has 0 bridgehead atoms. The third kappa shape index (κ3) is 3.85. The smallest absolute Gasteiger partial charge is 0.226 e. The summed E-state index contributed by atoms with van der Waals surface area (Å²) in [6.07, 6.45) is 4.13. The summed E-state index contributed by atoms with van der Waals surface area (Å²) >= 11 is 0. The normalized spacial score (nSPS) is 16.9. The predicted molar refractivity (Wildman–Crippen MR) is 91.0 cm³/mol. The topological polar surface area (TPSA) is 51.7 Å². The highest BCUT2D eigenvalue weighted by Gasteiger charge is 2.30. The van der Waals surface area contributed by atoms with Gasteiger partial charge in [-0.1, -0.05) is 12.1 Å². The molecular formula is C19H22N2O3. The standard InChI is InChI=1S/C19H22N2O3/c1-23-15-6-4-7-16(14-15)24-13-10-19(22)21-12-5-9-18(21)17-8-2-3-11-20-17/h2-4,6-8,11,14,18H,5,9-10,12-13H2,1H3. The number of methoxy groups -OCH3 is 1. The maximum absolute atomic E-state index is 12.5. The van der Waals surface area contributed by atoms with Gasteiger partial charge in [0.2, 0.25) is 5.91 Å². The number of hydrogen-bond acceptors (Lipinski definition) is 4. The van der Waals surface area contributed by atoms with Crippen LogP contribution in [0.25, 0.3) is 0 Å². The third-order valence-electron chi connectivity index (χ3n) is 4.23. The molecule has 2 heterocycles. The second-order valence-electron chi connectivity index (χ2n) is 5.78. The molecule has 0 spiro atoms. The van der Waals surface area contributed by atoms with Crippen molar-refractivity contribution in [2.75, 3.05) is 20.3 Å². The molecule has 0 N–H and O–H groups in total. The molecule has 1 amide bonds. The van der Waals surface area contributed by atoms with Gasteiger partial charge in [0, 0.05) is 18.8 Å². The van der Waals surface area contributed by atoms with Gasteiger partial charge >= 0.3 is 0 Å². The van der Waals surface area contributed by atoms with E-state index in [4.69, 9.17) is 9.47 Å². The molecule has 126 valence electrons. The molecule has 1 unspecified atom stereocenters. The van der Waals surface area contributed by atoms with Crippen LogP contribution in [0.1, 0.15) is 31.0 Å². The van der Waals surface area contributed by atoms with E-state index < -0.39 is 0 Å². The molecule has 1 aliphatic rings. The molecule has 24 heavy (non-hydrogen) atoms. The minimum Gasteiger partial charge on any atom is -0.497 e. The number of carbonyl (C=O) groups is 1. The SMILES string of the molecule is COc1cccc(OCCC(=O)N2CCCC2c2ccccn2)c1. The van der Waals surface area contributed by atoms with E-state index in [1.165, 1.54) is 0 Å². The fourth-order valence-electron chi connectivity index (χ4n) is 3.04. The van der Waals surface area contributed by atoms with Crippen molar-refractivity contribution in [1.82, 2.24) is 9.88 Å². The lowest BCUT2D eigenvalue weighted by atomic mass is 10.1. The van der Waals surface area contributed by atoms with Crippen LogP contribution in [0, 0.1) is 0 Å². The van der Waals surface area contributed by atoms with E-state index in [2.05, 4.69) is 4.98 Å². The molecule has 0 aliphatic carbocycles. The summed E-state index contributed by atoms with van der Waals surface area (Å²) < 4.78 is 10.8. The number of aromatic nitrogens is 1. The van der Waals surface area contributed by atoms with Gasteiger partial charge in [0.05, 0.1) is 31.9 Å². The number of likely N-dealkylation sites (tertiary alicyclic amines) is 1. The number of rotatable bonds is 6. The Morgan fingerprint density at radius 2 is 2.12 bits per heavy atom. The first-order valence-corrected chi connectivity index (χ1v) is 8.25. The van der Waals surface area contributed by atoms with Crippen molar-refractivity contribution < 1.29 is 14.3 Å². The largest absolute Gasteiger partial charge is 0.497 e. The molecule has 1 fully saturated rings. The Balaban J connectivity index is 1.54. The number of ether oxygens (including phenoxy) is 2. The number of carbonyl (C=O) groups excluding carboxylic acids is 1. The maximum atomic E-state index is 12.5. The van der Waals surface area contributed by atoms with Gasteiger partial charge in [0.25, 0.3) is 0 Å². The van der Waals surface area contributed by atoms with Gasteiger partial charge in [0.1, 0.15) is 11.5 Å². The zero-order valence-electron chi connectivity index (χ0n) is 13.9. The van der Waals surface area contributed by atoms with Crippen molar-refractivity contribution in [3.8, 4) is 11.5 Å². The number of nitrogens with zero attached hydrogens (tertiary/aromatic N) is 2. The van der Waals surface area contributed by atoms with E-state index >= 15 is 0 Å². The van der Waals surface area contributed by atoms with Crippen LogP contribution < -0.4 is 9.47 Å². The highest BCUT2D eigenvalue weighted by atomic mass is 16.5. The van der Waals surface area contributed by atoms with E-state index in [0.29, 0.717) is 18.8 Å². The molecule has 1 atom stereocenters. The fourth-order valence-corrected chi connectivity index (χ4v) is 3.04. The van der Waals surface area contributed by atoms with Crippen LogP contribution in [-0.4, -0.2) is 36.1 Å². The summed E-state index contributed by atoms with van der Waals surface area (Å²) in [6, 6.07) is 13.4. The summed E-state index contributed by atoms with van der Waals surface area (Å²) in [5.74, 6) is 1.57. The zero-order chi connectivity index (χ0) is 16.8. The first kappa shape index (κ1) is 16.3. The average Bonchev–Trinajstić information content (AvgIpc) is 3.12. The summed E-state index contributed by atoms with van der Waals surface area (Å²) in [5, 5.41) is 0. The molecule has 5 heteroatoms. The van der Waals surface area contributed by atoms with Crippen molar-refractivity contribution in [2.45, 2.75) is 25.3 Å². The highest BCUT2D eigenvalue weighted by molar-refractivity contribution is 5.77. The molecule has 0 radical (unpaired) electrons. The second kappa shape index (κ2) is 7.81. The van der Waals surface area contributed by atoms with E-state index in [9.17, 15) is 4.79 Å². The van der Waals surface area contributed by atoms with Gasteiger partial charge in [-0.2, -0.15) is 0 Å². The minimum atomic E-state index is 0.0931. The molecule has 1 aromatic heterocycles. The van der Waals surface area contributed by atoms with E-state index in [1.54, 1.807) is 13.3 Å². The lowest BCUT2D eigenvalue weighted by Gasteiger charge is -2.24. The molecule has 1 saturated heterocycles. The monoisotopic (exact) mass is 326 g/mol. The Bertz CT molecular complexity index is 675. The van der Waals surface area contributed by atoms with Crippen LogP contribution in [0.2, 0.25) is 0 Å². The van der Waals surface area contributed by atoms with Crippen LogP contribution in [-0.2, 0) is 4.79 Å². The average molecular weight is 326 g/mol. The lowest BCUT2D eigenvalue weighted by molar-refractivity contribution is -0.132. The maximum Gasteiger partial charge on any atom is 0.226 e. The molecule has 1 aliphatic heterocycles. The van der Waals surface area contributed by atoms with Crippen molar-refractivity contribution >= 4 is 5.91 Å². The van der Waals surface area contributed by atoms with Gasteiger partial charge in [0.15, 0.2) is 0 Å². The summed E-state index contributed by atoms with van der Waals surface area (Å²) in [4.78, 5) is 18.9. The van der Waals surface area contributed by atoms with Crippen LogP contribution in [0.5, 0.6) is 11.5 Å². The summed E-state index contributed by atoms with van der Waals surface area (Å²) in [5.41, 5.74) is 0.970. The Kier molecular flexibility index (Phi) is 5.31. The van der Waals surface area contributed by atoms with Crippen molar-refractivity contribution in [1.29, 1.82) is 0 Å². The molecule has 5 nitrogen and oxygen atoms in total. The molecule has 2 aromatic rings. The fraction of sp³-hybridized carbons (Fsp3) is 0.368. The van der Waals surface area contributed by atoms with Crippen LogP contribution in [0.4, 0.5) is 0 Å². The van der Waals surface area contributed by atoms with Crippen LogP contribution in [0.15, 0.2) is 48.7 Å². The molecule has 1 aromatic carbocycles. The van der Waals surface area contributed by atoms with Gasteiger partial charge < -0.3 is 14.4 Å². The number of hydrogen-bond donors (Lipinski definition) is 0. The van der Waals surface area contributed by atoms with Crippen molar-refractivity contribution in [3.63, 3.8) is 0 Å². The Morgan fingerprint density at radius 1 is 1.25 bits per heavy atom. The quantitative estimate of drug-likeness (QED) is 0.818. The molecule has 3 rings (SSSR count). The lowest BCUT2D eigenvalue weighted by Crippen LogP contribution is -2.31. The van der Waals surface area contributed by atoms with E-state index in [-0.39, 0.29) is 11.9 Å².